The van der Waals surface area contributed by atoms with E-state index in [1.165, 1.54) is 12.1 Å². The first kappa shape index (κ1) is 18.5. The number of benzene rings is 1. The van der Waals surface area contributed by atoms with Crippen molar-refractivity contribution in [2.75, 3.05) is 18.5 Å². The van der Waals surface area contributed by atoms with Gasteiger partial charge >= 0.3 is 6.18 Å². The number of hydrogen-bond donors (Lipinski definition) is 2. The number of amides is 1. The number of hydrogen-bond acceptors (Lipinski definition) is 3. The maximum atomic E-state index is 12.1. The zero-order chi connectivity index (χ0) is 14.5. The predicted octanol–water partition coefficient (Wildman–Crippen LogP) is 2.65. The third kappa shape index (κ3) is 6.63. The highest BCUT2D eigenvalue weighted by Gasteiger charge is 2.28. The van der Waals surface area contributed by atoms with Gasteiger partial charge in [-0.25, -0.2) is 0 Å². The number of alkyl halides is 3. The van der Waals surface area contributed by atoms with Gasteiger partial charge in [0.05, 0.1) is 5.69 Å². The summed E-state index contributed by atoms with van der Waals surface area (Å²) in [5, 5.41) is 2.46. The number of rotatable bonds is 5. The molecule has 0 aliphatic heterocycles. The average molecular weight is 313 g/mol. The summed E-state index contributed by atoms with van der Waals surface area (Å²) in [7, 11) is 0. The van der Waals surface area contributed by atoms with Gasteiger partial charge in [-0.15, -0.1) is 12.4 Å². The minimum atomic E-state index is -4.43. The number of halogens is 4. The van der Waals surface area contributed by atoms with Gasteiger partial charge in [-0.05, 0) is 24.6 Å². The van der Waals surface area contributed by atoms with E-state index in [0.29, 0.717) is 0 Å². The van der Waals surface area contributed by atoms with Crippen molar-refractivity contribution in [2.45, 2.75) is 19.5 Å². The fourth-order valence-electron chi connectivity index (χ4n) is 1.36. The summed E-state index contributed by atoms with van der Waals surface area (Å²) < 4.78 is 41.1. The van der Waals surface area contributed by atoms with E-state index in [-0.39, 0.29) is 42.7 Å². The van der Waals surface area contributed by atoms with Crippen molar-refractivity contribution in [2.24, 2.45) is 5.73 Å². The molecule has 4 nitrogen and oxygen atoms in total. The minimum absolute atomic E-state index is 0. The molecule has 0 aliphatic rings. The van der Waals surface area contributed by atoms with Crippen LogP contribution in [0.15, 0.2) is 18.2 Å². The van der Waals surface area contributed by atoms with Gasteiger partial charge in [0.15, 0.2) is 6.61 Å². The molecule has 0 bridgehead atoms. The van der Waals surface area contributed by atoms with Crippen LogP contribution in [-0.2, 0) is 4.79 Å². The minimum Gasteiger partial charge on any atom is -0.482 e. The Balaban J connectivity index is 0.00000361. The van der Waals surface area contributed by atoms with Gasteiger partial charge in [-0.3, -0.25) is 4.79 Å². The Kier molecular flexibility index (Phi) is 7.38. The molecule has 0 atom stereocenters. The maximum Gasteiger partial charge on any atom is 0.422 e. The van der Waals surface area contributed by atoms with Crippen LogP contribution in [-0.4, -0.2) is 25.2 Å². The van der Waals surface area contributed by atoms with Crippen molar-refractivity contribution < 1.29 is 22.7 Å². The molecule has 0 aliphatic carbocycles. The lowest BCUT2D eigenvalue weighted by atomic mass is 10.2. The lowest BCUT2D eigenvalue weighted by Crippen LogP contribution is -2.21. The summed E-state index contributed by atoms with van der Waals surface area (Å²) in [5.41, 5.74) is 6.15. The molecule has 0 saturated heterocycles. The number of nitrogens with one attached hydrogen (secondary N) is 1. The third-order valence-corrected chi connectivity index (χ3v) is 2.17. The third-order valence-electron chi connectivity index (χ3n) is 2.17. The Hall–Kier alpha value is -1.47. The highest BCUT2D eigenvalue weighted by molar-refractivity contribution is 5.92. The zero-order valence-electron chi connectivity index (χ0n) is 10.8. The van der Waals surface area contributed by atoms with Crippen molar-refractivity contribution in [1.82, 2.24) is 0 Å². The largest absolute Gasteiger partial charge is 0.482 e. The van der Waals surface area contributed by atoms with E-state index in [4.69, 9.17) is 10.5 Å². The normalized spacial score (nSPS) is 10.7. The van der Waals surface area contributed by atoms with E-state index in [0.717, 1.165) is 5.56 Å². The van der Waals surface area contributed by atoms with Crippen molar-refractivity contribution in [3.8, 4) is 5.75 Å². The molecule has 0 spiro atoms. The topological polar surface area (TPSA) is 64.4 Å². The van der Waals surface area contributed by atoms with Gasteiger partial charge in [0.2, 0.25) is 5.91 Å². The van der Waals surface area contributed by atoms with Crippen LogP contribution >= 0.6 is 12.4 Å². The predicted molar refractivity (Wildman–Crippen MR) is 72.3 cm³/mol. The van der Waals surface area contributed by atoms with Gasteiger partial charge in [-0.2, -0.15) is 13.2 Å². The van der Waals surface area contributed by atoms with Crippen LogP contribution in [0.3, 0.4) is 0 Å². The highest BCUT2D eigenvalue weighted by atomic mass is 35.5. The molecule has 1 amide bonds. The van der Waals surface area contributed by atoms with Gasteiger partial charge in [0, 0.05) is 13.0 Å². The number of ether oxygens (including phenoxy) is 1. The van der Waals surface area contributed by atoms with Crippen LogP contribution in [0.1, 0.15) is 12.0 Å². The molecule has 3 N–H and O–H groups in total. The first-order valence-electron chi connectivity index (χ1n) is 5.62. The van der Waals surface area contributed by atoms with Crippen LogP contribution in [0.2, 0.25) is 0 Å². The van der Waals surface area contributed by atoms with Crippen LogP contribution in [0.5, 0.6) is 5.75 Å². The summed E-state index contributed by atoms with van der Waals surface area (Å²) in [6, 6.07) is 4.60. The van der Waals surface area contributed by atoms with Crippen LogP contribution in [0.25, 0.3) is 0 Å². The molecule has 0 radical (unpaired) electrons. The molecular formula is C12H16ClF3N2O2. The number of carbonyl (C=O) groups excluding carboxylic acids is 1. The Labute approximate surface area is 120 Å². The molecule has 0 heterocycles. The Morgan fingerprint density at radius 1 is 1.40 bits per heavy atom. The quantitative estimate of drug-likeness (QED) is 0.878. The molecular weight excluding hydrogens is 297 g/mol. The fraction of sp³-hybridized carbons (Fsp3) is 0.417. The van der Waals surface area contributed by atoms with Crippen molar-refractivity contribution in [1.29, 1.82) is 0 Å². The first-order valence-corrected chi connectivity index (χ1v) is 5.62. The summed E-state index contributed by atoms with van der Waals surface area (Å²) in [6.07, 6.45) is -4.34. The van der Waals surface area contributed by atoms with E-state index < -0.39 is 12.8 Å². The lowest BCUT2D eigenvalue weighted by Gasteiger charge is -2.14. The van der Waals surface area contributed by atoms with E-state index in [9.17, 15) is 18.0 Å². The van der Waals surface area contributed by atoms with Crippen molar-refractivity contribution in [3.05, 3.63) is 23.8 Å². The zero-order valence-corrected chi connectivity index (χ0v) is 11.6. The van der Waals surface area contributed by atoms with Crippen LogP contribution < -0.4 is 15.8 Å². The Bertz CT molecular complexity index is 453. The fourth-order valence-corrected chi connectivity index (χ4v) is 1.36. The summed E-state index contributed by atoms with van der Waals surface area (Å²) in [4.78, 5) is 11.4. The summed E-state index contributed by atoms with van der Waals surface area (Å²) in [6.45, 7) is 0.471. The molecule has 1 aromatic rings. The van der Waals surface area contributed by atoms with Gasteiger partial charge in [0.1, 0.15) is 5.75 Å². The summed E-state index contributed by atoms with van der Waals surface area (Å²) >= 11 is 0. The standard InChI is InChI=1S/C12H15F3N2O2.ClH/c1-8-2-3-9(17-11(18)4-5-16)10(6-8)19-7-12(13,14)15;/h2-3,6H,4-5,7,16H2,1H3,(H,17,18);1H. The molecule has 1 rings (SSSR count). The monoisotopic (exact) mass is 312 g/mol. The van der Waals surface area contributed by atoms with E-state index in [1.54, 1.807) is 13.0 Å². The second-order valence-corrected chi connectivity index (χ2v) is 3.99. The van der Waals surface area contributed by atoms with Gasteiger partial charge in [0.25, 0.3) is 0 Å². The molecule has 0 aromatic heterocycles. The smallest absolute Gasteiger partial charge is 0.422 e. The van der Waals surface area contributed by atoms with E-state index >= 15 is 0 Å². The van der Waals surface area contributed by atoms with Gasteiger partial charge in [-0.1, -0.05) is 6.07 Å². The van der Waals surface area contributed by atoms with E-state index in [2.05, 4.69) is 5.32 Å². The van der Waals surface area contributed by atoms with Crippen molar-refractivity contribution >= 4 is 24.0 Å². The Morgan fingerprint density at radius 2 is 2.05 bits per heavy atom. The number of anilines is 1. The Morgan fingerprint density at radius 3 is 2.60 bits per heavy atom. The highest BCUT2D eigenvalue weighted by Crippen LogP contribution is 2.28. The number of nitrogens with two attached hydrogens (primary N) is 1. The van der Waals surface area contributed by atoms with Crippen LogP contribution in [0.4, 0.5) is 18.9 Å². The first-order chi connectivity index (χ1) is 8.81. The SMILES string of the molecule is Cc1ccc(NC(=O)CCN)c(OCC(F)(F)F)c1.Cl. The number of aryl methyl sites for hydroxylation is 1. The van der Waals surface area contributed by atoms with Gasteiger partial charge < -0.3 is 15.8 Å². The lowest BCUT2D eigenvalue weighted by molar-refractivity contribution is -0.153. The van der Waals surface area contributed by atoms with Crippen LogP contribution in [0, 0.1) is 6.92 Å². The second kappa shape index (κ2) is 7.96. The molecule has 114 valence electrons. The molecule has 0 fully saturated rings. The molecule has 20 heavy (non-hydrogen) atoms. The number of carbonyl (C=O) groups is 1. The molecule has 1 aromatic carbocycles. The van der Waals surface area contributed by atoms with Crippen molar-refractivity contribution in [3.63, 3.8) is 0 Å². The molecule has 8 heteroatoms. The average Bonchev–Trinajstić information content (AvgIpc) is 2.29. The second-order valence-electron chi connectivity index (χ2n) is 3.99. The molecule has 0 saturated carbocycles. The van der Waals surface area contributed by atoms with E-state index in [1.807, 2.05) is 0 Å². The summed E-state index contributed by atoms with van der Waals surface area (Å²) in [5.74, 6) is -0.383. The molecule has 0 unspecified atom stereocenters. The maximum absolute atomic E-state index is 12.1.